The van der Waals surface area contributed by atoms with Gasteiger partial charge < -0.3 is 5.32 Å². The fourth-order valence-corrected chi connectivity index (χ4v) is 2.51. The van der Waals surface area contributed by atoms with Crippen molar-refractivity contribution < 1.29 is 4.79 Å². The van der Waals surface area contributed by atoms with Crippen molar-refractivity contribution in [3.63, 3.8) is 0 Å². The van der Waals surface area contributed by atoms with E-state index in [1.807, 2.05) is 18.4 Å². The van der Waals surface area contributed by atoms with Gasteiger partial charge in [0, 0.05) is 17.3 Å². The number of alkyl halides is 1. The van der Waals surface area contributed by atoms with Gasteiger partial charge >= 0.3 is 0 Å². The van der Waals surface area contributed by atoms with Crippen LogP contribution in [0.15, 0.2) is 23.1 Å². The summed E-state index contributed by atoms with van der Waals surface area (Å²) in [7, 11) is 0. The quantitative estimate of drug-likeness (QED) is 0.431. The first-order valence-corrected chi connectivity index (χ1v) is 8.50. The first-order chi connectivity index (χ1) is 9.19. The van der Waals surface area contributed by atoms with Gasteiger partial charge in [0.25, 0.3) is 5.91 Å². The van der Waals surface area contributed by atoms with Crippen molar-refractivity contribution in [3.8, 4) is 0 Å². The van der Waals surface area contributed by atoms with E-state index in [1.165, 1.54) is 0 Å². The molecule has 0 spiro atoms. The molecule has 1 aromatic rings. The molecule has 0 aliphatic rings. The van der Waals surface area contributed by atoms with Crippen LogP contribution in [0.4, 0.5) is 0 Å². The van der Waals surface area contributed by atoms with E-state index in [0.29, 0.717) is 23.0 Å². The number of rotatable bonds is 8. The fraction of sp³-hybridized carbons (Fsp3) is 0.500. The number of carbonyl (C=O) groups excluding carboxylic acids is 1. The second kappa shape index (κ2) is 9.51. The van der Waals surface area contributed by atoms with Crippen LogP contribution < -0.4 is 5.32 Å². The molecule has 0 aliphatic carbocycles. The Morgan fingerprint density at radius 1 is 1.26 bits per heavy atom. The highest BCUT2D eigenvalue weighted by Crippen LogP contribution is 2.22. The average molecular weight is 320 g/mol. The molecule has 106 valence electrons. The molecule has 5 heteroatoms. The zero-order chi connectivity index (χ0) is 14.1. The van der Waals surface area contributed by atoms with Crippen LogP contribution in [0.5, 0.6) is 0 Å². The lowest BCUT2D eigenvalue weighted by Gasteiger charge is -2.08. The van der Waals surface area contributed by atoms with Gasteiger partial charge in [0.1, 0.15) is 0 Å². The molecular weight excluding hydrogens is 301 g/mol. The van der Waals surface area contributed by atoms with E-state index in [0.717, 1.165) is 30.6 Å². The SMILES string of the molecule is CSc1ccc(Cl)c(C(=O)NCCCCCCCl)c1. The Hall–Kier alpha value is -0.380. The number of hydrogen-bond donors (Lipinski definition) is 1. The molecule has 0 unspecified atom stereocenters. The van der Waals surface area contributed by atoms with Crippen molar-refractivity contribution in [1.82, 2.24) is 5.32 Å². The molecule has 1 rings (SSSR count). The summed E-state index contributed by atoms with van der Waals surface area (Å²) in [5, 5.41) is 3.40. The molecule has 1 aromatic carbocycles. The largest absolute Gasteiger partial charge is 0.352 e. The molecule has 0 saturated carbocycles. The Bertz CT molecular complexity index is 412. The molecule has 1 N–H and O–H groups in total. The summed E-state index contributed by atoms with van der Waals surface area (Å²) in [5.41, 5.74) is 0.550. The second-order valence-electron chi connectivity index (χ2n) is 4.20. The van der Waals surface area contributed by atoms with Gasteiger partial charge in [0.15, 0.2) is 0 Å². The Morgan fingerprint density at radius 3 is 2.68 bits per heavy atom. The van der Waals surface area contributed by atoms with Gasteiger partial charge in [-0.05, 0) is 37.3 Å². The number of benzene rings is 1. The van der Waals surface area contributed by atoms with E-state index < -0.39 is 0 Å². The predicted octanol–water partition coefficient (Wildman–Crippen LogP) is 4.59. The van der Waals surface area contributed by atoms with Gasteiger partial charge in [-0.3, -0.25) is 4.79 Å². The molecule has 0 saturated heterocycles. The number of halogens is 2. The van der Waals surface area contributed by atoms with Gasteiger partial charge in [-0.2, -0.15) is 0 Å². The number of hydrogen-bond acceptors (Lipinski definition) is 2. The van der Waals surface area contributed by atoms with Crippen LogP contribution in [-0.4, -0.2) is 24.6 Å². The third-order valence-corrected chi connectivity index (χ3v) is 4.09. The van der Waals surface area contributed by atoms with Crippen LogP contribution in [0.3, 0.4) is 0 Å². The van der Waals surface area contributed by atoms with Crippen LogP contribution in [0.1, 0.15) is 36.0 Å². The number of thioether (sulfide) groups is 1. The van der Waals surface area contributed by atoms with Crippen LogP contribution >= 0.6 is 35.0 Å². The topological polar surface area (TPSA) is 29.1 Å². The summed E-state index contributed by atoms with van der Waals surface area (Å²) in [6, 6.07) is 5.51. The maximum absolute atomic E-state index is 12.0. The fourth-order valence-electron chi connectivity index (χ4n) is 1.68. The van der Waals surface area contributed by atoms with Crippen molar-refractivity contribution in [2.45, 2.75) is 30.6 Å². The third-order valence-electron chi connectivity index (χ3n) is 2.76. The minimum atomic E-state index is -0.0988. The molecular formula is C14H19Cl2NOS. The van der Waals surface area contributed by atoms with Gasteiger partial charge in [0.05, 0.1) is 10.6 Å². The van der Waals surface area contributed by atoms with Crippen molar-refractivity contribution in [2.75, 3.05) is 18.7 Å². The minimum Gasteiger partial charge on any atom is -0.352 e. The van der Waals surface area contributed by atoms with E-state index in [2.05, 4.69) is 5.32 Å². The molecule has 0 aromatic heterocycles. The molecule has 0 atom stereocenters. The van der Waals surface area contributed by atoms with Gasteiger partial charge in [0.2, 0.25) is 0 Å². The van der Waals surface area contributed by atoms with E-state index >= 15 is 0 Å². The molecule has 1 amide bonds. The van der Waals surface area contributed by atoms with Gasteiger partial charge in [-0.15, -0.1) is 23.4 Å². The number of unbranched alkanes of at least 4 members (excludes halogenated alkanes) is 3. The summed E-state index contributed by atoms with van der Waals surface area (Å²) in [4.78, 5) is 13.0. The maximum Gasteiger partial charge on any atom is 0.252 e. The number of carbonyl (C=O) groups is 1. The third kappa shape index (κ3) is 6.07. The molecule has 2 nitrogen and oxygen atoms in total. The van der Waals surface area contributed by atoms with Crippen molar-refractivity contribution in [3.05, 3.63) is 28.8 Å². The molecule has 0 radical (unpaired) electrons. The maximum atomic E-state index is 12.0. The lowest BCUT2D eigenvalue weighted by Crippen LogP contribution is -2.24. The Kier molecular flexibility index (Phi) is 8.35. The highest BCUT2D eigenvalue weighted by molar-refractivity contribution is 7.98. The zero-order valence-corrected chi connectivity index (χ0v) is 13.4. The van der Waals surface area contributed by atoms with E-state index in [9.17, 15) is 4.79 Å². The van der Waals surface area contributed by atoms with Crippen LogP contribution in [-0.2, 0) is 0 Å². The van der Waals surface area contributed by atoms with Crippen molar-refractivity contribution in [2.24, 2.45) is 0 Å². The Labute approximate surface area is 129 Å². The van der Waals surface area contributed by atoms with E-state index in [-0.39, 0.29) is 5.91 Å². The van der Waals surface area contributed by atoms with Gasteiger partial charge in [-0.25, -0.2) is 0 Å². The van der Waals surface area contributed by atoms with Crippen LogP contribution in [0, 0.1) is 0 Å². The summed E-state index contributed by atoms with van der Waals surface area (Å²) >= 11 is 13.2. The summed E-state index contributed by atoms with van der Waals surface area (Å²) < 4.78 is 0. The number of amides is 1. The summed E-state index contributed by atoms with van der Waals surface area (Å²) in [6.07, 6.45) is 6.19. The van der Waals surface area contributed by atoms with Crippen molar-refractivity contribution in [1.29, 1.82) is 0 Å². The monoisotopic (exact) mass is 319 g/mol. The molecule has 0 fully saturated rings. The lowest BCUT2D eigenvalue weighted by atomic mass is 10.2. The smallest absolute Gasteiger partial charge is 0.252 e. The van der Waals surface area contributed by atoms with E-state index in [1.54, 1.807) is 17.8 Å². The van der Waals surface area contributed by atoms with Crippen molar-refractivity contribution >= 4 is 40.9 Å². The lowest BCUT2D eigenvalue weighted by molar-refractivity contribution is 0.0953. The van der Waals surface area contributed by atoms with E-state index in [4.69, 9.17) is 23.2 Å². The zero-order valence-electron chi connectivity index (χ0n) is 11.0. The Morgan fingerprint density at radius 2 is 2.00 bits per heavy atom. The normalized spacial score (nSPS) is 10.5. The standard InChI is InChI=1S/C14H19Cl2NOS/c1-19-11-6-7-13(16)12(10-11)14(18)17-9-5-3-2-4-8-15/h6-7,10H,2-5,8-9H2,1H3,(H,17,18). The summed E-state index contributed by atoms with van der Waals surface area (Å²) in [6.45, 7) is 0.681. The minimum absolute atomic E-state index is 0.0988. The highest BCUT2D eigenvalue weighted by atomic mass is 35.5. The highest BCUT2D eigenvalue weighted by Gasteiger charge is 2.10. The molecule has 0 aliphatic heterocycles. The van der Waals surface area contributed by atoms with Crippen LogP contribution in [0.25, 0.3) is 0 Å². The second-order valence-corrected chi connectivity index (χ2v) is 5.87. The molecule has 0 bridgehead atoms. The average Bonchev–Trinajstić information content (AvgIpc) is 2.43. The Balaban J connectivity index is 2.40. The predicted molar refractivity (Wildman–Crippen MR) is 84.8 cm³/mol. The van der Waals surface area contributed by atoms with Crippen LogP contribution in [0.2, 0.25) is 5.02 Å². The molecule has 0 heterocycles. The summed E-state index contributed by atoms with van der Waals surface area (Å²) in [5.74, 6) is 0.613. The number of nitrogens with one attached hydrogen (secondary N) is 1. The van der Waals surface area contributed by atoms with Gasteiger partial charge in [-0.1, -0.05) is 24.4 Å². The molecule has 19 heavy (non-hydrogen) atoms. The first kappa shape index (κ1) is 16.7. The first-order valence-electron chi connectivity index (χ1n) is 6.36.